The van der Waals surface area contributed by atoms with Gasteiger partial charge in [-0.15, -0.1) is 0 Å². The number of aliphatic hydroxyl groups is 1. The van der Waals surface area contributed by atoms with Gasteiger partial charge in [0.1, 0.15) is 11.4 Å². The van der Waals surface area contributed by atoms with E-state index in [9.17, 15) is 9.90 Å². The number of piperidine rings is 1. The average Bonchev–Trinajstić information content (AvgIpc) is 3.48. The van der Waals surface area contributed by atoms with Gasteiger partial charge < -0.3 is 14.6 Å². The molecule has 0 aromatic heterocycles. The van der Waals surface area contributed by atoms with Gasteiger partial charge in [-0.25, -0.2) is 4.79 Å². The number of nitrogens with zero attached hydrogens (tertiary/aromatic N) is 1. The minimum Gasteiger partial charge on any atom is -0.497 e. The third-order valence-corrected chi connectivity index (χ3v) is 8.21. The Labute approximate surface area is 159 Å². The number of fused-ring (bicyclic) bond motifs is 3. The van der Waals surface area contributed by atoms with Gasteiger partial charge in [0.2, 0.25) is 0 Å². The molecule has 144 valence electrons. The third-order valence-electron chi connectivity index (χ3n) is 8.21. The minimum absolute atomic E-state index is 0.224. The van der Waals surface area contributed by atoms with E-state index < -0.39 is 17.2 Å². The van der Waals surface area contributed by atoms with Gasteiger partial charge in [0.05, 0.1) is 13.2 Å². The minimum atomic E-state index is -1.33. The van der Waals surface area contributed by atoms with E-state index in [1.807, 2.05) is 6.07 Å². The van der Waals surface area contributed by atoms with E-state index in [-0.39, 0.29) is 11.5 Å². The maximum atomic E-state index is 12.7. The second-order valence-electron chi connectivity index (χ2n) is 9.50. The van der Waals surface area contributed by atoms with Crippen LogP contribution in [0.1, 0.15) is 49.7 Å². The van der Waals surface area contributed by atoms with Gasteiger partial charge >= 0.3 is 5.97 Å². The number of hydrogen-bond donors (Lipinski definition) is 1. The Kier molecular flexibility index (Phi) is 3.07. The lowest BCUT2D eigenvalue weighted by molar-refractivity contribution is -0.272. The highest BCUT2D eigenvalue weighted by Crippen LogP contribution is 2.65. The van der Waals surface area contributed by atoms with Crippen LogP contribution in [0.4, 0.5) is 0 Å². The summed E-state index contributed by atoms with van der Waals surface area (Å²) in [5, 5.41) is 11.1. The molecule has 1 N–H and O–H groups in total. The molecule has 2 saturated carbocycles. The molecule has 0 radical (unpaired) electrons. The van der Waals surface area contributed by atoms with Crippen molar-refractivity contribution in [1.29, 1.82) is 0 Å². The molecule has 5 heteroatoms. The Morgan fingerprint density at radius 2 is 2.15 bits per heavy atom. The summed E-state index contributed by atoms with van der Waals surface area (Å²) in [5.41, 5.74) is 0.457. The summed E-state index contributed by atoms with van der Waals surface area (Å²) >= 11 is 0. The standard InChI is InChI=1S/C22H27NO4/c1-26-16-5-4-15-10-18-22-7-6-21(25,19(24)27-22)13-20(22,17(15)11-16)8-9-23(18)12-14-2-3-14/h4-5,11,14,18,25H,2-3,6-10,12-13H2,1H3/t18-,20-,21+,22-/m1/s1. The first kappa shape index (κ1) is 16.4. The average molecular weight is 369 g/mol. The van der Waals surface area contributed by atoms with Crippen LogP contribution in [0, 0.1) is 5.92 Å². The van der Waals surface area contributed by atoms with Crippen molar-refractivity contribution in [2.45, 2.75) is 67.6 Å². The maximum absolute atomic E-state index is 12.7. The molecular weight excluding hydrogens is 342 g/mol. The Hall–Kier alpha value is -1.59. The third kappa shape index (κ3) is 1.94. The zero-order valence-electron chi connectivity index (χ0n) is 15.9. The highest BCUT2D eigenvalue weighted by molar-refractivity contribution is 5.83. The first-order valence-electron chi connectivity index (χ1n) is 10.4. The second kappa shape index (κ2) is 5.06. The Morgan fingerprint density at radius 1 is 1.30 bits per heavy atom. The van der Waals surface area contributed by atoms with Crippen LogP contribution in [0.5, 0.6) is 5.75 Å². The van der Waals surface area contributed by atoms with Crippen LogP contribution in [0.25, 0.3) is 0 Å². The lowest BCUT2D eigenvalue weighted by Crippen LogP contribution is -2.80. The molecule has 6 aliphatic rings. The van der Waals surface area contributed by atoms with Crippen molar-refractivity contribution in [2.75, 3.05) is 20.2 Å². The highest BCUT2D eigenvalue weighted by atomic mass is 16.6. The van der Waals surface area contributed by atoms with Crippen LogP contribution in [0.2, 0.25) is 0 Å². The fourth-order valence-electron chi connectivity index (χ4n) is 6.71. The molecule has 1 spiro atoms. The Balaban J connectivity index is 1.54. The van der Waals surface area contributed by atoms with E-state index in [4.69, 9.17) is 9.47 Å². The van der Waals surface area contributed by atoms with E-state index in [2.05, 4.69) is 17.0 Å². The molecule has 5 fully saturated rings. The fraction of sp³-hybridized carbons (Fsp3) is 0.682. The van der Waals surface area contributed by atoms with E-state index >= 15 is 0 Å². The number of carbonyl (C=O) groups is 1. The number of ether oxygens (including phenoxy) is 2. The molecule has 4 bridgehead atoms. The zero-order valence-corrected chi connectivity index (χ0v) is 15.9. The SMILES string of the molecule is COc1ccc2c(c1)[C@]13CCN(CC4CC4)[C@H](C2)[C@]12CC[C@](O)(C3)C(=O)O2. The lowest BCUT2D eigenvalue weighted by Gasteiger charge is -2.69. The Morgan fingerprint density at radius 3 is 2.89 bits per heavy atom. The van der Waals surface area contributed by atoms with Crippen LogP contribution in [-0.2, 0) is 21.4 Å². The fourth-order valence-corrected chi connectivity index (χ4v) is 6.71. The molecule has 5 nitrogen and oxygen atoms in total. The van der Waals surface area contributed by atoms with Gasteiger partial charge in [-0.2, -0.15) is 0 Å². The van der Waals surface area contributed by atoms with Gasteiger partial charge in [-0.1, -0.05) is 6.07 Å². The molecule has 7 rings (SSSR count). The summed E-state index contributed by atoms with van der Waals surface area (Å²) in [6.45, 7) is 2.14. The first-order valence-corrected chi connectivity index (χ1v) is 10.4. The van der Waals surface area contributed by atoms with Crippen molar-refractivity contribution in [1.82, 2.24) is 4.90 Å². The highest BCUT2D eigenvalue weighted by Gasteiger charge is 2.74. The van der Waals surface area contributed by atoms with Crippen LogP contribution >= 0.6 is 0 Å². The molecule has 1 aromatic rings. The molecule has 1 aromatic carbocycles. The van der Waals surface area contributed by atoms with Gasteiger partial charge in [0.15, 0.2) is 5.60 Å². The van der Waals surface area contributed by atoms with Gasteiger partial charge in [-0.3, -0.25) is 4.90 Å². The van der Waals surface area contributed by atoms with E-state index in [0.717, 1.165) is 44.0 Å². The molecule has 27 heavy (non-hydrogen) atoms. The van der Waals surface area contributed by atoms with Crippen LogP contribution in [0.15, 0.2) is 18.2 Å². The van der Waals surface area contributed by atoms with Crippen molar-refractivity contribution in [2.24, 2.45) is 5.92 Å². The molecular formula is C22H27NO4. The van der Waals surface area contributed by atoms with Crippen molar-refractivity contribution < 1.29 is 19.4 Å². The number of benzene rings is 1. The second-order valence-corrected chi connectivity index (χ2v) is 9.50. The van der Waals surface area contributed by atoms with Crippen molar-refractivity contribution >= 4 is 5.97 Å². The summed E-state index contributed by atoms with van der Waals surface area (Å²) in [6, 6.07) is 6.59. The van der Waals surface area contributed by atoms with E-state index in [0.29, 0.717) is 12.8 Å². The molecule has 0 amide bonds. The van der Waals surface area contributed by atoms with Crippen molar-refractivity contribution in [3.63, 3.8) is 0 Å². The molecule has 3 heterocycles. The topological polar surface area (TPSA) is 59.0 Å². The summed E-state index contributed by atoms with van der Waals surface area (Å²) < 4.78 is 11.7. The first-order chi connectivity index (χ1) is 13.0. The number of likely N-dealkylation sites (tertiary alicyclic amines) is 1. The van der Waals surface area contributed by atoms with Gasteiger partial charge in [0.25, 0.3) is 0 Å². The van der Waals surface area contributed by atoms with Crippen molar-refractivity contribution in [3.8, 4) is 5.75 Å². The smallest absolute Gasteiger partial charge is 0.338 e. The van der Waals surface area contributed by atoms with E-state index in [1.165, 1.54) is 24.0 Å². The van der Waals surface area contributed by atoms with Crippen LogP contribution in [0.3, 0.4) is 0 Å². The van der Waals surface area contributed by atoms with E-state index in [1.54, 1.807) is 7.11 Å². The summed E-state index contributed by atoms with van der Waals surface area (Å²) in [7, 11) is 1.69. The maximum Gasteiger partial charge on any atom is 0.338 e. The molecule has 4 atom stereocenters. The van der Waals surface area contributed by atoms with Crippen LogP contribution < -0.4 is 4.74 Å². The monoisotopic (exact) mass is 369 g/mol. The number of esters is 1. The quantitative estimate of drug-likeness (QED) is 0.828. The summed E-state index contributed by atoms with van der Waals surface area (Å²) in [6.07, 6.45) is 6.29. The molecule has 3 aliphatic carbocycles. The summed E-state index contributed by atoms with van der Waals surface area (Å²) in [5.74, 6) is 1.26. The normalized spacial score (nSPS) is 42.3. The molecule has 3 saturated heterocycles. The predicted molar refractivity (Wildman–Crippen MR) is 98.7 cm³/mol. The number of rotatable bonds is 3. The number of carbonyl (C=O) groups excluding carboxylic acids is 1. The number of hydrogen-bond acceptors (Lipinski definition) is 5. The Bertz CT molecular complexity index is 836. The van der Waals surface area contributed by atoms with Gasteiger partial charge in [0, 0.05) is 18.4 Å². The molecule has 0 unspecified atom stereocenters. The summed E-state index contributed by atoms with van der Waals surface area (Å²) in [4.78, 5) is 15.3. The van der Waals surface area contributed by atoms with Crippen molar-refractivity contribution in [3.05, 3.63) is 29.3 Å². The number of methoxy groups -OCH3 is 1. The molecule has 3 aliphatic heterocycles. The lowest BCUT2D eigenvalue weighted by atomic mass is 9.45. The zero-order chi connectivity index (χ0) is 18.4. The predicted octanol–water partition coefficient (Wildman–Crippen LogP) is 2.18. The van der Waals surface area contributed by atoms with Crippen LogP contribution in [-0.4, -0.2) is 53.4 Å². The van der Waals surface area contributed by atoms with Gasteiger partial charge in [-0.05, 0) is 74.2 Å². The largest absolute Gasteiger partial charge is 0.497 e.